The average Bonchev–Trinajstić information content (AvgIpc) is 3.28. The number of ether oxygens (including phenoxy) is 1. The van der Waals surface area contributed by atoms with E-state index >= 15 is 0 Å². The van der Waals surface area contributed by atoms with Gasteiger partial charge in [0.15, 0.2) is 0 Å². The second kappa shape index (κ2) is 6.19. The molecule has 1 aromatic carbocycles. The SMILES string of the molecule is CNC(CSc1cc(C)ccc1C)(C(=O)OC)C1CC1. The molecule has 1 atom stereocenters. The van der Waals surface area contributed by atoms with Crippen LogP contribution >= 0.6 is 11.8 Å². The zero-order chi connectivity index (χ0) is 14.8. The minimum atomic E-state index is -0.546. The lowest BCUT2D eigenvalue weighted by Gasteiger charge is -2.30. The van der Waals surface area contributed by atoms with Crippen LogP contribution in [0.3, 0.4) is 0 Å². The number of rotatable bonds is 6. The number of thioether (sulfide) groups is 1. The minimum Gasteiger partial charge on any atom is -0.468 e. The fourth-order valence-electron chi connectivity index (χ4n) is 2.53. The van der Waals surface area contributed by atoms with E-state index in [0.29, 0.717) is 11.7 Å². The van der Waals surface area contributed by atoms with E-state index in [1.165, 1.54) is 23.1 Å². The quantitative estimate of drug-likeness (QED) is 0.646. The topological polar surface area (TPSA) is 38.3 Å². The van der Waals surface area contributed by atoms with E-state index in [2.05, 4.69) is 37.4 Å². The molecule has 0 bridgehead atoms. The number of carbonyl (C=O) groups is 1. The zero-order valence-electron chi connectivity index (χ0n) is 12.7. The maximum Gasteiger partial charge on any atom is 0.327 e. The van der Waals surface area contributed by atoms with E-state index in [4.69, 9.17) is 4.74 Å². The molecule has 0 radical (unpaired) electrons. The van der Waals surface area contributed by atoms with Crippen molar-refractivity contribution in [3.8, 4) is 0 Å². The monoisotopic (exact) mass is 293 g/mol. The van der Waals surface area contributed by atoms with Crippen molar-refractivity contribution in [3.05, 3.63) is 29.3 Å². The fraction of sp³-hybridized carbons (Fsp3) is 0.562. The summed E-state index contributed by atoms with van der Waals surface area (Å²) in [6.45, 7) is 4.20. The first-order valence-corrected chi connectivity index (χ1v) is 7.99. The van der Waals surface area contributed by atoms with Crippen LogP contribution < -0.4 is 5.32 Å². The highest BCUT2D eigenvalue weighted by atomic mass is 32.2. The third-order valence-corrected chi connectivity index (χ3v) is 5.42. The van der Waals surface area contributed by atoms with Crippen LogP contribution in [0.1, 0.15) is 24.0 Å². The predicted molar refractivity (Wildman–Crippen MR) is 83.2 cm³/mol. The molecule has 110 valence electrons. The van der Waals surface area contributed by atoms with Crippen LogP contribution in [0.5, 0.6) is 0 Å². The van der Waals surface area contributed by atoms with E-state index in [9.17, 15) is 4.79 Å². The highest BCUT2D eigenvalue weighted by Crippen LogP contribution is 2.43. The molecule has 20 heavy (non-hydrogen) atoms. The van der Waals surface area contributed by atoms with E-state index in [1.54, 1.807) is 11.8 Å². The molecule has 1 aliphatic rings. The zero-order valence-corrected chi connectivity index (χ0v) is 13.5. The van der Waals surface area contributed by atoms with Crippen LogP contribution in [-0.4, -0.2) is 31.4 Å². The van der Waals surface area contributed by atoms with Crippen molar-refractivity contribution in [2.75, 3.05) is 19.9 Å². The van der Waals surface area contributed by atoms with Crippen molar-refractivity contribution in [3.63, 3.8) is 0 Å². The van der Waals surface area contributed by atoms with Crippen LogP contribution in [0.15, 0.2) is 23.1 Å². The Morgan fingerprint density at radius 1 is 1.45 bits per heavy atom. The highest BCUT2D eigenvalue weighted by molar-refractivity contribution is 7.99. The van der Waals surface area contributed by atoms with Crippen molar-refractivity contribution < 1.29 is 9.53 Å². The van der Waals surface area contributed by atoms with Gasteiger partial charge in [0.1, 0.15) is 5.54 Å². The minimum absolute atomic E-state index is 0.139. The lowest BCUT2D eigenvalue weighted by molar-refractivity contribution is -0.148. The molecule has 1 unspecified atom stereocenters. The molecular weight excluding hydrogens is 270 g/mol. The second-order valence-electron chi connectivity index (χ2n) is 5.54. The molecule has 3 nitrogen and oxygen atoms in total. The van der Waals surface area contributed by atoms with Crippen LogP contribution in [0, 0.1) is 19.8 Å². The molecule has 1 saturated carbocycles. The largest absolute Gasteiger partial charge is 0.468 e. The Kier molecular flexibility index (Phi) is 4.76. The Bertz CT molecular complexity index is 499. The van der Waals surface area contributed by atoms with Gasteiger partial charge in [0.05, 0.1) is 7.11 Å². The number of benzene rings is 1. The van der Waals surface area contributed by atoms with Crippen molar-refractivity contribution in [2.45, 2.75) is 37.1 Å². The maximum absolute atomic E-state index is 12.2. The number of nitrogens with one attached hydrogen (secondary N) is 1. The van der Waals surface area contributed by atoms with Crippen molar-refractivity contribution in [2.24, 2.45) is 5.92 Å². The lowest BCUT2D eigenvalue weighted by atomic mass is 9.96. The maximum atomic E-state index is 12.2. The van der Waals surface area contributed by atoms with Crippen LogP contribution in [0.2, 0.25) is 0 Å². The highest BCUT2D eigenvalue weighted by Gasteiger charge is 2.50. The summed E-state index contributed by atoms with van der Waals surface area (Å²) in [7, 11) is 3.33. The number of methoxy groups -OCH3 is 1. The normalized spacial score (nSPS) is 17.6. The number of esters is 1. The fourth-order valence-corrected chi connectivity index (χ4v) is 3.98. The first-order chi connectivity index (χ1) is 9.53. The smallest absolute Gasteiger partial charge is 0.327 e. The molecular formula is C16H23NO2S. The van der Waals surface area contributed by atoms with Crippen molar-refractivity contribution in [1.82, 2.24) is 5.32 Å². The van der Waals surface area contributed by atoms with E-state index in [1.807, 2.05) is 7.05 Å². The number of likely N-dealkylation sites (N-methyl/N-ethyl adjacent to an activating group) is 1. The summed E-state index contributed by atoms with van der Waals surface area (Å²) in [5.41, 5.74) is 1.96. The summed E-state index contributed by atoms with van der Waals surface area (Å²) < 4.78 is 5.04. The lowest BCUT2D eigenvalue weighted by Crippen LogP contribution is -2.55. The van der Waals surface area contributed by atoms with Crippen LogP contribution in [0.4, 0.5) is 0 Å². The average molecular weight is 293 g/mol. The van der Waals surface area contributed by atoms with Gasteiger partial charge in [-0.2, -0.15) is 0 Å². The van der Waals surface area contributed by atoms with Crippen molar-refractivity contribution in [1.29, 1.82) is 0 Å². The number of aryl methyl sites for hydroxylation is 2. The Morgan fingerprint density at radius 2 is 2.15 bits per heavy atom. The van der Waals surface area contributed by atoms with Crippen LogP contribution in [0.25, 0.3) is 0 Å². The third-order valence-electron chi connectivity index (χ3n) is 4.07. The molecule has 0 heterocycles. The Labute approximate surface area is 125 Å². The van der Waals surface area contributed by atoms with Crippen molar-refractivity contribution >= 4 is 17.7 Å². The number of hydrogen-bond acceptors (Lipinski definition) is 4. The van der Waals surface area contributed by atoms with Gasteiger partial charge in [0.2, 0.25) is 0 Å². The van der Waals surface area contributed by atoms with Gasteiger partial charge in [-0.3, -0.25) is 4.79 Å². The molecule has 0 aliphatic heterocycles. The number of hydrogen-bond donors (Lipinski definition) is 1. The van der Waals surface area contributed by atoms with Gasteiger partial charge in [0, 0.05) is 10.6 Å². The van der Waals surface area contributed by atoms with Crippen LogP contribution in [-0.2, 0) is 9.53 Å². The molecule has 0 aromatic heterocycles. The summed E-state index contributed by atoms with van der Waals surface area (Å²) in [4.78, 5) is 13.5. The molecule has 1 fully saturated rings. The molecule has 0 saturated heterocycles. The van der Waals surface area contributed by atoms with Gasteiger partial charge in [-0.05, 0) is 51.3 Å². The van der Waals surface area contributed by atoms with Gasteiger partial charge in [-0.15, -0.1) is 11.8 Å². The van der Waals surface area contributed by atoms with Gasteiger partial charge in [0.25, 0.3) is 0 Å². The molecule has 1 aromatic rings. The first kappa shape index (κ1) is 15.4. The predicted octanol–water partition coefficient (Wildman–Crippen LogP) is 2.94. The molecule has 1 aliphatic carbocycles. The summed E-state index contributed by atoms with van der Waals surface area (Å²) in [6, 6.07) is 6.44. The van der Waals surface area contributed by atoms with Gasteiger partial charge < -0.3 is 10.1 Å². The third kappa shape index (κ3) is 3.01. The Morgan fingerprint density at radius 3 is 2.70 bits per heavy atom. The summed E-state index contributed by atoms with van der Waals surface area (Å²) >= 11 is 1.74. The second-order valence-corrected chi connectivity index (χ2v) is 6.56. The van der Waals surface area contributed by atoms with E-state index in [-0.39, 0.29) is 5.97 Å². The standard InChI is InChI=1S/C16H23NO2S/c1-11-5-6-12(2)14(9-11)20-10-16(17-3,13-7-8-13)15(18)19-4/h5-6,9,13,17H,7-8,10H2,1-4H3. The molecule has 0 spiro atoms. The molecule has 1 N–H and O–H groups in total. The summed E-state index contributed by atoms with van der Waals surface area (Å²) in [5.74, 6) is 0.975. The molecule has 4 heteroatoms. The molecule has 0 amide bonds. The Hall–Kier alpha value is -1.00. The Balaban J connectivity index is 2.16. The summed E-state index contributed by atoms with van der Waals surface area (Å²) in [6.07, 6.45) is 2.20. The van der Waals surface area contributed by atoms with E-state index in [0.717, 1.165) is 12.8 Å². The number of carbonyl (C=O) groups excluding carboxylic acids is 1. The van der Waals surface area contributed by atoms with Gasteiger partial charge in [-0.1, -0.05) is 17.7 Å². The summed E-state index contributed by atoms with van der Waals surface area (Å²) in [5, 5.41) is 3.24. The molecule has 2 rings (SSSR count). The van der Waals surface area contributed by atoms with Gasteiger partial charge in [-0.25, -0.2) is 0 Å². The van der Waals surface area contributed by atoms with Gasteiger partial charge >= 0.3 is 5.97 Å². The first-order valence-electron chi connectivity index (χ1n) is 7.01. The van der Waals surface area contributed by atoms with E-state index < -0.39 is 5.54 Å².